The monoisotopic (exact) mass is 437 g/mol. The average molecular weight is 438 g/mol. The number of aryl methyl sites for hydroxylation is 2. The highest BCUT2D eigenvalue weighted by atomic mass is 16.5. The zero-order valence-corrected chi connectivity index (χ0v) is 18.8. The van der Waals surface area contributed by atoms with E-state index < -0.39 is 0 Å². The maximum Gasteiger partial charge on any atom is 0.330 e. The molecule has 1 aromatic carbocycles. The summed E-state index contributed by atoms with van der Waals surface area (Å²) in [4.78, 5) is 23.6. The molecule has 1 atom stereocenters. The molecule has 0 saturated heterocycles. The van der Waals surface area contributed by atoms with Gasteiger partial charge in [-0.05, 0) is 55.7 Å². The Bertz CT molecular complexity index is 1160. The summed E-state index contributed by atoms with van der Waals surface area (Å²) in [6.07, 6.45) is 8.53. The minimum absolute atomic E-state index is 0.277. The summed E-state index contributed by atoms with van der Waals surface area (Å²) in [6.45, 7) is 4.34. The highest BCUT2D eigenvalue weighted by Gasteiger charge is 2.22. The topological polar surface area (TPSA) is 83.9 Å². The zero-order valence-electron chi connectivity index (χ0n) is 18.8. The number of aromatic nitrogens is 5. The Balaban J connectivity index is 1.29. The van der Waals surface area contributed by atoms with E-state index in [4.69, 9.17) is 4.74 Å². The highest BCUT2D eigenvalue weighted by Crippen LogP contribution is 2.30. The number of benzene rings is 1. The van der Waals surface area contributed by atoms with E-state index in [0.29, 0.717) is 6.54 Å². The van der Waals surface area contributed by atoms with E-state index in [-0.39, 0.29) is 17.2 Å². The van der Waals surface area contributed by atoms with Crippen LogP contribution >= 0.6 is 0 Å². The molecule has 0 radical (unpaired) electrons. The number of unbranched alkanes of at least 4 members (excludes halogenated alkanes) is 1. The highest BCUT2D eigenvalue weighted by molar-refractivity contribution is 5.30. The molecule has 32 heavy (non-hydrogen) atoms. The van der Waals surface area contributed by atoms with E-state index >= 15 is 0 Å². The van der Waals surface area contributed by atoms with Gasteiger partial charge >= 0.3 is 5.69 Å². The van der Waals surface area contributed by atoms with Crippen LogP contribution in [0.5, 0.6) is 5.75 Å². The predicted octanol–water partition coefficient (Wildman–Crippen LogP) is 2.75. The van der Waals surface area contributed by atoms with Gasteiger partial charge in [-0.1, -0.05) is 24.3 Å². The molecule has 1 fully saturated rings. The van der Waals surface area contributed by atoms with Crippen molar-refractivity contribution in [1.29, 1.82) is 0 Å². The first kappa shape index (κ1) is 22.0. The lowest BCUT2D eigenvalue weighted by Gasteiger charge is -2.15. The largest absolute Gasteiger partial charge is 0.493 e. The molecule has 0 bridgehead atoms. The smallest absolute Gasteiger partial charge is 0.330 e. The quantitative estimate of drug-likeness (QED) is 0.431. The Morgan fingerprint density at radius 1 is 1.19 bits per heavy atom. The van der Waals surface area contributed by atoms with Crippen LogP contribution in [-0.4, -0.2) is 30.7 Å². The van der Waals surface area contributed by atoms with E-state index in [1.54, 1.807) is 10.8 Å². The number of nitrogens with zero attached hydrogens (tertiary/aromatic N) is 5. The molecule has 0 amide bonds. The maximum absolute atomic E-state index is 12.1. The molecular formula is C24H31N5O3. The molecule has 1 aliphatic rings. The average Bonchev–Trinajstić information content (AvgIpc) is 3.53. The Morgan fingerprint density at radius 3 is 2.84 bits per heavy atom. The summed E-state index contributed by atoms with van der Waals surface area (Å²) in [5.74, 6) is 1.96. The second-order valence-corrected chi connectivity index (χ2v) is 8.78. The molecular weight excluding hydrogens is 406 g/mol. The van der Waals surface area contributed by atoms with Crippen molar-refractivity contribution in [1.82, 2.24) is 24.1 Å². The minimum atomic E-state index is -0.282. The lowest BCUT2D eigenvalue weighted by atomic mass is 10.0. The number of hydrogen-bond acceptors (Lipinski definition) is 5. The van der Waals surface area contributed by atoms with Crippen molar-refractivity contribution in [2.45, 2.75) is 58.0 Å². The summed E-state index contributed by atoms with van der Waals surface area (Å²) in [5, 5.41) is 8.40. The lowest BCUT2D eigenvalue weighted by Crippen LogP contribution is -2.36. The molecule has 170 valence electrons. The standard InChI is InChI=1S/C24H31N5O3/c1-18(20-6-5-8-22(14-20)32-17-19-9-10-19)16-29-21(15-25-26-29)7-3-4-12-28-13-11-23(30)27(2)24(28)31/h5-6,8,11,13-15,18-19H,3-4,7,9-10,12,16-17H2,1-2H3/t18-/m0/s1. The van der Waals surface area contributed by atoms with Crippen LogP contribution in [0.1, 0.15) is 49.8 Å². The molecule has 2 aromatic heterocycles. The van der Waals surface area contributed by atoms with Crippen molar-refractivity contribution in [3.8, 4) is 5.75 Å². The SMILES string of the molecule is C[C@@H](Cn1nncc1CCCCn1ccc(=O)n(C)c1=O)c1cccc(OCC2CC2)c1. The Kier molecular flexibility index (Phi) is 6.87. The fourth-order valence-electron chi connectivity index (χ4n) is 3.78. The third-order valence-corrected chi connectivity index (χ3v) is 6.10. The van der Waals surface area contributed by atoms with Crippen LogP contribution in [0.15, 0.2) is 52.3 Å². The van der Waals surface area contributed by atoms with Gasteiger partial charge in [0.2, 0.25) is 0 Å². The molecule has 4 rings (SSSR count). The molecule has 8 heteroatoms. The first-order valence-electron chi connectivity index (χ1n) is 11.4. The molecule has 1 aliphatic carbocycles. The molecule has 0 N–H and O–H groups in total. The zero-order chi connectivity index (χ0) is 22.5. The van der Waals surface area contributed by atoms with E-state index in [0.717, 1.165) is 54.3 Å². The molecule has 0 aliphatic heterocycles. The van der Waals surface area contributed by atoms with Crippen molar-refractivity contribution in [2.24, 2.45) is 13.0 Å². The van der Waals surface area contributed by atoms with Gasteiger partial charge in [-0.2, -0.15) is 0 Å². The van der Waals surface area contributed by atoms with Gasteiger partial charge in [0.15, 0.2) is 0 Å². The van der Waals surface area contributed by atoms with Gasteiger partial charge in [-0.25, -0.2) is 9.48 Å². The molecule has 2 heterocycles. The van der Waals surface area contributed by atoms with Gasteiger partial charge in [-0.15, -0.1) is 5.10 Å². The second kappa shape index (κ2) is 9.97. The van der Waals surface area contributed by atoms with Crippen molar-refractivity contribution in [3.05, 3.63) is 74.8 Å². The predicted molar refractivity (Wildman–Crippen MR) is 122 cm³/mol. The lowest BCUT2D eigenvalue weighted by molar-refractivity contribution is 0.299. The minimum Gasteiger partial charge on any atom is -0.493 e. The van der Waals surface area contributed by atoms with Crippen LogP contribution in [0.3, 0.4) is 0 Å². The molecule has 3 aromatic rings. The number of ether oxygens (including phenoxy) is 1. The Labute approximate surface area is 187 Å². The van der Waals surface area contributed by atoms with Crippen LogP contribution < -0.4 is 16.0 Å². The van der Waals surface area contributed by atoms with Gasteiger partial charge < -0.3 is 9.30 Å². The third-order valence-electron chi connectivity index (χ3n) is 6.10. The van der Waals surface area contributed by atoms with Gasteiger partial charge in [0, 0.05) is 38.3 Å². The normalized spacial score (nSPS) is 14.4. The van der Waals surface area contributed by atoms with E-state index in [1.807, 2.05) is 16.9 Å². The summed E-state index contributed by atoms with van der Waals surface area (Å²) < 4.78 is 10.6. The van der Waals surface area contributed by atoms with Gasteiger partial charge in [-0.3, -0.25) is 9.36 Å². The van der Waals surface area contributed by atoms with Gasteiger partial charge in [0.1, 0.15) is 5.75 Å². The Morgan fingerprint density at radius 2 is 2.03 bits per heavy atom. The maximum atomic E-state index is 12.1. The first-order chi connectivity index (χ1) is 15.5. The molecule has 8 nitrogen and oxygen atoms in total. The van der Waals surface area contributed by atoms with Crippen LogP contribution in [0.2, 0.25) is 0 Å². The molecule has 1 saturated carbocycles. The Hall–Kier alpha value is -3.16. The first-order valence-corrected chi connectivity index (χ1v) is 11.4. The van der Waals surface area contributed by atoms with Crippen molar-refractivity contribution < 1.29 is 4.74 Å². The molecule has 0 unspecified atom stereocenters. The summed E-state index contributed by atoms with van der Waals surface area (Å²) >= 11 is 0. The van der Waals surface area contributed by atoms with Crippen molar-refractivity contribution >= 4 is 0 Å². The van der Waals surface area contributed by atoms with E-state index in [1.165, 1.54) is 31.5 Å². The second-order valence-electron chi connectivity index (χ2n) is 8.78. The number of rotatable bonds is 11. The fraction of sp³-hybridized carbons (Fsp3) is 0.500. The molecule has 0 spiro atoms. The third kappa shape index (κ3) is 5.55. The summed E-state index contributed by atoms with van der Waals surface area (Å²) in [6, 6.07) is 9.77. The summed E-state index contributed by atoms with van der Waals surface area (Å²) in [5.41, 5.74) is 1.76. The van der Waals surface area contributed by atoms with Crippen LogP contribution in [0.4, 0.5) is 0 Å². The van der Waals surface area contributed by atoms with Crippen molar-refractivity contribution in [3.63, 3.8) is 0 Å². The van der Waals surface area contributed by atoms with Crippen LogP contribution in [0.25, 0.3) is 0 Å². The van der Waals surface area contributed by atoms with E-state index in [2.05, 4.69) is 35.4 Å². The number of hydrogen-bond donors (Lipinski definition) is 0. The van der Waals surface area contributed by atoms with Gasteiger partial charge in [0.25, 0.3) is 5.56 Å². The fourth-order valence-corrected chi connectivity index (χ4v) is 3.78. The van der Waals surface area contributed by atoms with Crippen molar-refractivity contribution in [2.75, 3.05) is 6.61 Å². The van der Waals surface area contributed by atoms with Gasteiger partial charge in [0.05, 0.1) is 18.5 Å². The van der Waals surface area contributed by atoms with Crippen LogP contribution in [0, 0.1) is 5.92 Å². The van der Waals surface area contributed by atoms with E-state index in [9.17, 15) is 9.59 Å². The summed E-state index contributed by atoms with van der Waals surface area (Å²) in [7, 11) is 1.50. The van der Waals surface area contributed by atoms with Crippen LogP contribution in [-0.2, 0) is 26.6 Å².